The topological polar surface area (TPSA) is 57.7 Å². The van der Waals surface area contributed by atoms with Gasteiger partial charge in [-0.25, -0.2) is 9.78 Å². The summed E-state index contributed by atoms with van der Waals surface area (Å²) in [5.41, 5.74) is 0.626. The van der Waals surface area contributed by atoms with Gasteiger partial charge in [0.15, 0.2) is 0 Å². The molecule has 1 unspecified atom stereocenters. The SMILES string of the molecule is CN(C)c1ncccc1C1CN(C(=O)OC(C)(C)C)CCN1. The molecule has 2 rings (SSSR count). The van der Waals surface area contributed by atoms with Gasteiger partial charge in [-0.15, -0.1) is 0 Å². The molecule has 0 aliphatic carbocycles. The van der Waals surface area contributed by atoms with Crippen molar-refractivity contribution in [3.8, 4) is 0 Å². The molecule has 1 atom stereocenters. The van der Waals surface area contributed by atoms with Crippen LogP contribution in [0.3, 0.4) is 0 Å². The van der Waals surface area contributed by atoms with Crippen molar-refractivity contribution in [2.45, 2.75) is 32.4 Å². The molecule has 1 aromatic rings. The van der Waals surface area contributed by atoms with E-state index >= 15 is 0 Å². The van der Waals surface area contributed by atoms with Gasteiger partial charge < -0.3 is 19.9 Å². The van der Waals surface area contributed by atoms with E-state index in [1.54, 1.807) is 11.1 Å². The molecule has 0 bridgehead atoms. The largest absolute Gasteiger partial charge is 0.444 e. The standard InChI is InChI=1S/C16H26N4O2/c1-16(2,3)22-15(21)20-10-9-17-13(11-20)12-7-6-8-18-14(12)19(4)5/h6-8,13,17H,9-11H2,1-5H3. The first-order valence-electron chi connectivity index (χ1n) is 7.61. The molecule has 0 spiro atoms. The first-order valence-corrected chi connectivity index (χ1v) is 7.61. The Labute approximate surface area is 132 Å². The highest BCUT2D eigenvalue weighted by Gasteiger charge is 2.29. The third-order valence-corrected chi connectivity index (χ3v) is 3.44. The van der Waals surface area contributed by atoms with E-state index in [9.17, 15) is 4.79 Å². The Bertz CT molecular complexity index is 525. The van der Waals surface area contributed by atoms with Crippen LogP contribution in [0.4, 0.5) is 10.6 Å². The van der Waals surface area contributed by atoms with Crippen molar-refractivity contribution in [1.82, 2.24) is 15.2 Å². The smallest absolute Gasteiger partial charge is 0.410 e. The maximum Gasteiger partial charge on any atom is 0.410 e. The van der Waals surface area contributed by atoms with Gasteiger partial charge in [0, 0.05) is 45.5 Å². The number of nitrogens with one attached hydrogen (secondary N) is 1. The molecular weight excluding hydrogens is 280 g/mol. The summed E-state index contributed by atoms with van der Waals surface area (Å²) >= 11 is 0. The second-order valence-electron chi connectivity index (χ2n) is 6.74. The van der Waals surface area contributed by atoms with Crippen molar-refractivity contribution >= 4 is 11.9 Å². The average molecular weight is 306 g/mol. The fraction of sp³-hybridized carbons (Fsp3) is 0.625. The molecule has 1 saturated heterocycles. The van der Waals surface area contributed by atoms with Crippen LogP contribution in [0.15, 0.2) is 18.3 Å². The van der Waals surface area contributed by atoms with Gasteiger partial charge >= 0.3 is 6.09 Å². The number of carbonyl (C=O) groups is 1. The van der Waals surface area contributed by atoms with E-state index in [1.807, 2.05) is 45.8 Å². The highest BCUT2D eigenvalue weighted by molar-refractivity contribution is 5.68. The van der Waals surface area contributed by atoms with Crippen LogP contribution in [-0.4, -0.2) is 55.3 Å². The molecular formula is C16H26N4O2. The Kier molecular flexibility index (Phi) is 4.90. The molecule has 1 aliphatic heterocycles. The maximum atomic E-state index is 12.3. The summed E-state index contributed by atoms with van der Waals surface area (Å²) in [7, 11) is 3.95. The minimum atomic E-state index is -0.472. The van der Waals surface area contributed by atoms with Gasteiger partial charge in [-0.1, -0.05) is 6.07 Å². The van der Waals surface area contributed by atoms with Crippen molar-refractivity contribution < 1.29 is 9.53 Å². The number of hydrogen-bond donors (Lipinski definition) is 1. The van der Waals surface area contributed by atoms with Crippen molar-refractivity contribution in [1.29, 1.82) is 0 Å². The molecule has 1 aliphatic rings. The van der Waals surface area contributed by atoms with E-state index in [0.29, 0.717) is 13.1 Å². The lowest BCUT2D eigenvalue weighted by molar-refractivity contribution is 0.0195. The summed E-state index contributed by atoms with van der Waals surface area (Å²) in [6, 6.07) is 4.04. The summed E-state index contributed by atoms with van der Waals surface area (Å²) in [6.07, 6.45) is 1.53. The van der Waals surface area contributed by atoms with Crippen LogP contribution >= 0.6 is 0 Å². The summed E-state index contributed by atoms with van der Waals surface area (Å²) in [6.45, 7) is 7.64. The van der Waals surface area contributed by atoms with Crippen molar-refractivity contribution in [2.24, 2.45) is 0 Å². The second kappa shape index (κ2) is 6.52. The average Bonchev–Trinajstić information content (AvgIpc) is 2.45. The molecule has 6 heteroatoms. The molecule has 1 N–H and O–H groups in total. The highest BCUT2D eigenvalue weighted by atomic mass is 16.6. The normalized spacial score (nSPS) is 19.0. The number of nitrogens with zero attached hydrogens (tertiary/aromatic N) is 3. The van der Waals surface area contributed by atoms with Crippen LogP contribution in [0.2, 0.25) is 0 Å². The predicted octanol–water partition coefficient (Wildman–Crippen LogP) is 2.03. The molecule has 0 saturated carbocycles. The lowest BCUT2D eigenvalue weighted by Crippen LogP contribution is -2.49. The molecule has 122 valence electrons. The molecule has 1 amide bonds. The first-order chi connectivity index (χ1) is 10.3. The number of piperazine rings is 1. The Hall–Kier alpha value is -1.82. The summed E-state index contributed by atoms with van der Waals surface area (Å²) in [5, 5.41) is 3.46. The van der Waals surface area contributed by atoms with Gasteiger partial charge in [0.2, 0.25) is 0 Å². The zero-order valence-corrected chi connectivity index (χ0v) is 14.1. The predicted molar refractivity (Wildman–Crippen MR) is 87.1 cm³/mol. The molecule has 6 nitrogen and oxygen atoms in total. The van der Waals surface area contributed by atoms with Crippen LogP contribution in [0.5, 0.6) is 0 Å². The number of ether oxygens (including phenoxy) is 1. The minimum Gasteiger partial charge on any atom is -0.444 e. The zero-order valence-electron chi connectivity index (χ0n) is 14.1. The second-order valence-corrected chi connectivity index (χ2v) is 6.74. The van der Waals surface area contributed by atoms with Crippen LogP contribution < -0.4 is 10.2 Å². The van der Waals surface area contributed by atoms with Gasteiger partial charge in [0.05, 0.1) is 6.04 Å². The maximum absolute atomic E-state index is 12.3. The van der Waals surface area contributed by atoms with Crippen molar-refractivity contribution in [3.05, 3.63) is 23.9 Å². The van der Waals surface area contributed by atoms with Crippen LogP contribution in [0.1, 0.15) is 32.4 Å². The van der Waals surface area contributed by atoms with Crippen LogP contribution in [0, 0.1) is 0 Å². The Morgan fingerprint density at radius 1 is 1.45 bits per heavy atom. The van der Waals surface area contributed by atoms with Gasteiger partial charge in [-0.05, 0) is 26.8 Å². The van der Waals surface area contributed by atoms with E-state index in [4.69, 9.17) is 4.74 Å². The summed E-state index contributed by atoms with van der Waals surface area (Å²) in [4.78, 5) is 20.4. The van der Waals surface area contributed by atoms with E-state index < -0.39 is 5.60 Å². The monoisotopic (exact) mass is 306 g/mol. The fourth-order valence-electron chi connectivity index (χ4n) is 2.51. The van der Waals surface area contributed by atoms with E-state index in [1.165, 1.54) is 0 Å². The third kappa shape index (κ3) is 4.10. The number of carbonyl (C=O) groups excluding carboxylic acids is 1. The minimum absolute atomic E-state index is 0.0624. The number of amides is 1. The first kappa shape index (κ1) is 16.5. The molecule has 0 aromatic carbocycles. The van der Waals surface area contributed by atoms with Crippen molar-refractivity contribution in [3.63, 3.8) is 0 Å². The summed E-state index contributed by atoms with van der Waals surface area (Å²) in [5.74, 6) is 0.922. The van der Waals surface area contributed by atoms with E-state index in [2.05, 4.69) is 16.4 Å². The highest BCUT2D eigenvalue weighted by Crippen LogP contribution is 2.25. The van der Waals surface area contributed by atoms with E-state index in [0.717, 1.165) is 17.9 Å². The number of aromatic nitrogens is 1. The van der Waals surface area contributed by atoms with Gasteiger partial charge in [0.25, 0.3) is 0 Å². The lowest BCUT2D eigenvalue weighted by atomic mass is 10.1. The molecule has 0 radical (unpaired) electrons. The summed E-state index contributed by atoms with van der Waals surface area (Å²) < 4.78 is 5.47. The van der Waals surface area contributed by atoms with Crippen LogP contribution in [0.25, 0.3) is 0 Å². The Balaban J connectivity index is 2.13. The zero-order chi connectivity index (χ0) is 16.3. The molecule has 22 heavy (non-hydrogen) atoms. The van der Waals surface area contributed by atoms with Gasteiger partial charge in [-0.2, -0.15) is 0 Å². The number of rotatable bonds is 2. The van der Waals surface area contributed by atoms with Gasteiger partial charge in [0.1, 0.15) is 11.4 Å². The van der Waals surface area contributed by atoms with Crippen molar-refractivity contribution in [2.75, 3.05) is 38.6 Å². The molecule has 1 fully saturated rings. The lowest BCUT2D eigenvalue weighted by Gasteiger charge is -2.35. The van der Waals surface area contributed by atoms with Gasteiger partial charge in [-0.3, -0.25) is 0 Å². The number of anilines is 1. The Morgan fingerprint density at radius 2 is 2.18 bits per heavy atom. The number of pyridine rings is 1. The molecule has 2 heterocycles. The van der Waals surface area contributed by atoms with Crippen LogP contribution in [-0.2, 0) is 4.74 Å². The third-order valence-electron chi connectivity index (χ3n) is 3.44. The fourth-order valence-corrected chi connectivity index (χ4v) is 2.51. The quantitative estimate of drug-likeness (QED) is 0.906. The van der Waals surface area contributed by atoms with E-state index in [-0.39, 0.29) is 12.1 Å². The number of hydrogen-bond acceptors (Lipinski definition) is 5. The Morgan fingerprint density at radius 3 is 2.82 bits per heavy atom. The molecule has 1 aromatic heterocycles.